The molecule has 0 saturated carbocycles. The molecule has 0 bridgehead atoms. The zero-order valence-electron chi connectivity index (χ0n) is 3.58. The van der Waals surface area contributed by atoms with Gasteiger partial charge in [-0.25, -0.2) is 0 Å². The molecule has 0 rings (SSSR count). The normalized spacial score (nSPS) is 12.2. The molecule has 0 spiro atoms. The summed E-state index contributed by atoms with van der Waals surface area (Å²) in [5.74, 6) is 0. The van der Waals surface area contributed by atoms with Crippen molar-refractivity contribution in [3.8, 4) is 0 Å². The molecule has 0 aliphatic rings. The Morgan fingerprint density at radius 3 is 2.00 bits per heavy atom. The van der Waals surface area contributed by atoms with E-state index < -0.39 is 0 Å². The van der Waals surface area contributed by atoms with Crippen molar-refractivity contribution < 1.29 is 0 Å². The third kappa shape index (κ3) is 3.96. The van der Waals surface area contributed by atoms with E-state index in [-0.39, 0.29) is 0 Å². The van der Waals surface area contributed by atoms with Crippen LogP contribution in [-0.2, 0) is 0 Å². The zero-order valence-corrected chi connectivity index (χ0v) is 4.58. The van der Waals surface area contributed by atoms with Crippen molar-refractivity contribution in [2.75, 3.05) is 0 Å². The molecule has 0 aromatic rings. The van der Waals surface area contributed by atoms with Crippen LogP contribution < -0.4 is 0 Å². The molecule has 0 saturated heterocycles. The predicted molar refractivity (Wildman–Crippen MR) is 25.2 cm³/mol. The first kappa shape index (κ1) is 4.96. The van der Waals surface area contributed by atoms with E-state index in [1.807, 2.05) is 19.9 Å². The molecule has 5 heavy (non-hydrogen) atoms. The molecule has 0 aliphatic carbocycles. The first-order valence-electron chi connectivity index (χ1n) is 1.62. The van der Waals surface area contributed by atoms with Gasteiger partial charge in [-0.15, -0.1) is 0 Å². The van der Waals surface area contributed by atoms with Crippen LogP contribution in [0.1, 0.15) is 13.8 Å². The van der Waals surface area contributed by atoms with E-state index in [4.69, 9.17) is 0 Å². The minimum absolute atomic E-state index is 1.19. The van der Waals surface area contributed by atoms with Gasteiger partial charge in [-0.3, -0.25) is 0 Å². The Bertz CT molecular complexity index is 41.6. The fourth-order valence-electron chi connectivity index (χ4n) is 0. The Morgan fingerprint density at radius 1 is 1.80 bits per heavy atom. The van der Waals surface area contributed by atoms with Crippen LogP contribution in [0.3, 0.4) is 0 Å². The van der Waals surface area contributed by atoms with Gasteiger partial charge in [-0.2, -0.15) is 0 Å². The van der Waals surface area contributed by atoms with Crippen molar-refractivity contribution in [1.29, 1.82) is 0 Å². The van der Waals surface area contributed by atoms with Gasteiger partial charge in [0.15, 0.2) is 0 Å². The third-order valence-electron chi connectivity index (χ3n) is 0.433. The van der Waals surface area contributed by atoms with Crippen LogP contribution in [-0.4, -0.2) is 10.2 Å². The Hall–Kier alpha value is -0.0431. The number of rotatable bonds is 0. The summed E-state index contributed by atoms with van der Waals surface area (Å²) in [6.45, 7) is 3.99. The first-order chi connectivity index (χ1) is 2.27. The fraction of sp³-hybridized carbons (Fsp3) is 0.500. The van der Waals surface area contributed by atoms with Crippen LogP contribution in [0.25, 0.3) is 0 Å². The molecule has 0 amide bonds. The Kier molecular flexibility index (Phi) is 2.19. The van der Waals surface area contributed by atoms with Crippen molar-refractivity contribution in [1.82, 2.24) is 0 Å². The zero-order chi connectivity index (χ0) is 4.28. The standard InChI is InChI=1S/C4H7Si/c1-3-4(2)5/h3H,1-2H3/b4-3+. The van der Waals surface area contributed by atoms with Gasteiger partial charge >= 0.3 is 0 Å². The lowest BCUT2D eigenvalue weighted by molar-refractivity contribution is 1.59. The molecule has 0 atom stereocenters. The minimum atomic E-state index is 1.19. The van der Waals surface area contributed by atoms with Gasteiger partial charge < -0.3 is 0 Å². The second kappa shape index (κ2) is 2.21. The molecule has 0 aromatic heterocycles. The maximum absolute atomic E-state index is 3.28. The second-order valence-corrected chi connectivity index (χ2v) is 1.76. The molecule has 1 heteroatoms. The summed E-state index contributed by atoms with van der Waals surface area (Å²) >= 11 is 0. The molecular formula is C4H7Si. The Labute approximate surface area is 36.3 Å². The largest absolute Gasteiger partial charge is 0.0956 e. The molecule has 0 nitrogen and oxygen atoms in total. The highest BCUT2D eigenvalue weighted by Gasteiger charge is 1.61. The van der Waals surface area contributed by atoms with Gasteiger partial charge in [0.2, 0.25) is 0 Å². The smallest absolute Gasteiger partial charge is 0.0641 e. The van der Waals surface area contributed by atoms with E-state index >= 15 is 0 Å². The summed E-state index contributed by atoms with van der Waals surface area (Å²) in [7, 11) is 3.28. The summed E-state index contributed by atoms with van der Waals surface area (Å²) in [6.07, 6.45) is 2.00. The summed E-state index contributed by atoms with van der Waals surface area (Å²) in [4.78, 5) is 0. The van der Waals surface area contributed by atoms with Crippen LogP contribution in [0.15, 0.2) is 11.3 Å². The van der Waals surface area contributed by atoms with Crippen LogP contribution in [0.2, 0.25) is 0 Å². The molecule has 27 valence electrons. The van der Waals surface area contributed by atoms with Gasteiger partial charge in [0.05, 0.1) is 10.2 Å². The minimum Gasteiger partial charge on any atom is -0.0956 e. The van der Waals surface area contributed by atoms with Crippen molar-refractivity contribution in [3.05, 3.63) is 11.3 Å². The average molecular weight is 83.2 g/mol. The van der Waals surface area contributed by atoms with Crippen LogP contribution in [0, 0.1) is 0 Å². The molecule has 0 aliphatic heterocycles. The quantitative estimate of drug-likeness (QED) is 0.384. The molecule has 0 heterocycles. The summed E-state index contributed by atoms with van der Waals surface area (Å²) in [5, 5.41) is 1.19. The van der Waals surface area contributed by atoms with E-state index in [9.17, 15) is 0 Å². The monoisotopic (exact) mass is 83.0 g/mol. The van der Waals surface area contributed by atoms with E-state index in [1.165, 1.54) is 5.20 Å². The molecule has 3 radical (unpaired) electrons. The van der Waals surface area contributed by atoms with Crippen LogP contribution in [0.4, 0.5) is 0 Å². The Balaban J connectivity index is 3.14. The summed E-state index contributed by atoms with van der Waals surface area (Å²) in [6, 6.07) is 0. The molecule has 0 fully saturated rings. The van der Waals surface area contributed by atoms with Crippen LogP contribution in [0.5, 0.6) is 0 Å². The Morgan fingerprint density at radius 2 is 2.00 bits per heavy atom. The lowest BCUT2D eigenvalue weighted by Crippen LogP contribution is -1.62. The number of hydrogen-bond donors (Lipinski definition) is 0. The molecule has 0 unspecified atom stereocenters. The second-order valence-electron chi connectivity index (χ2n) is 0.972. The lowest BCUT2D eigenvalue weighted by Gasteiger charge is -1.73. The van der Waals surface area contributed by atoms with Gasteiger partial charge in [0.1, 0.15) is 0 Å². The van der Waals surface area contributed by atoms with Crippen molar-refractivity contribution in [2.45, 2.75) is 13.8 Å². The maximum Gasteiger partial charge on any atom is 0.0641 e. The van der Waals surface area contributed by atoms with Gasteiger partial charge in [-0.1, -0.05) is 11.3 Å². The number of allylic oxidation sites excluding steroid dienone is 2. The van der Waals surface area contributed by atoms with E-state index in [2.05, 4.69) is 10.2 Å². The number of hydrogen-bond acceptors (Lipinski definition) is 0. The molecular weight excluding hydrogens is 76.1 g/mol. The van der Waals surface area contributed by atoms with Gasteiger partial charge in [0.25, 0.3) is 0 Å². The van der Waals surface area contributed by atoms with Crippen molar-refractivity contribution >= 4 is 10.2 Å². The highest BCUT2D eigenvalue weighted by molar-refractivity contribution is 6.21. The van der Waals surface area contributed by atoms with Gasteiger partial charge in [0, 0.05) is 0 Å². The average Bonchev–Trinajstić information content (AvgIpc) is 1.38. The summed E-state index contributed by atoms with van der Waals surface area (Å²) in [5.41, 5.74) is 0. The highest BCUT2D eigenvalue weighted by atomic mass is 28.1. The lowest BCUT2D eigenvalue weighted by atomic mass is 10.6. The van der Waals surface area contributed by atoms with E-state index in [0.29, 0.717) is 0 Å². The topological polar surface area (TPSA) is 0 Å². The van der Waals surface area contributed by atoms with E-state index in [0.717, 1.165) is 0 Å². The van der Waals surface area contributed by atoms with Crippen molar-refractivity contribution in [3.63, 3.8) is 0 Å². The van der Waals surface area contributed by atoms with E-state index in [1.54, 1.807) is 0 Å². The van der Waals surface area contributed by atoms with Crippen LogP contribution >= 0.6 is 0 Å². The predicted octanol–water partition coefficient (Wildman–Crippen LogP) is 1.08. The molecule has 0 aromatic carbocycles. The van der Waals surface area contributed by atoms with Gasteiger partial charge in [-0.05, 0) is 13.8 Å². The van der Waals surface area contributed by atoms with Crippen molar-refractivity contribution in [2.24, 2.45) is 0 Å². The maximum atomic E-state index is 3.28. The third-order valence-corrected chi connectivity index (χ3v) is 0.722. The highest BCUT2D eigenvalue weighted by Crippen LogP contribution is 1.76. The first-order valence-corrected chi connectivity index (χ1v) is 2.12. The summed E-state index contributed by atoms with van der Waals surface area (Å²) < 4.78 is 0. The fourth-order valence-corrected chi connectivity index (χ4v) is 0. The SMILES string of the molecule is C/C=C(\C)[Si]. The molecule has 0 N–H and O–H groups in total.